The summed E-state index contributed by atoms with van der Waals surface area (Å²) >= 11 is 10.4. The molecule has 0 spiro atoms. The van der Waals surface area contributed by atoms with Gasteiger partial charge in [0.25, 0.3) is 0 Å². The lowest BCUT2D eigenvalue weighted by molar-refractivity contribution is 0.665. The van der Waals surface area contributed by atoms with Gasteiger partial charge < -0.3 is 11.1 Å². The topological polar surface area (TPSA) is 50.4 Å². The molecule has 0 aliphatic rings. The second kappa shape index (κ2) is 6.75. The Morgan fingerprint density at radius 1 is 1.29 bits per heavy atom. The van der Waals surface area contributed by atoms with Gasteiger partial charge in [-0.25, -0.2) is 0 Å². The van der Waals surface area contributed by atoms with Crippen molar-refractivity contribution >= 4 is 59.4 Å². The molecule has 0 radical (unpaired) electrons. The number of halogens is 3. The number of anilines is 1. The molecule has 0 unspecified atom stereocenters. The molecule has 0 bridgehead atoms. The van der Waals surface area contributed by atoms with E-state index >= 15 is 0 Å². The molecule has 0 saturated heterocycles. The van der Waals surface area contributed by atoms with Crippen molar-refractivity contribution in [2.75, 3.05) is 11.9 Å². The molecule has 0 aliphatic heterocycles. The average Bonchev–Trinajstić information content (AvgIpc) is 2.20. The van der Waals surface area contributed by atoms with Crippen molar-refractivity contribution in [3.8, 4) is 0 Å². The third kappa shape index (κ3) is 4.97. The van der Waals surface area contributed by atoms with Crippen LogP contribution in [0.5, 0.6) is 0 Å². The Morgan fingerprint density at radius 3 is 2.29 bits per heavy atom. The van der Waals surface area contributed by atoms with Gasteiger partial charge in [0, 0.05) is 20.0 Å². The molecule has 0 fully saturated rings. The fourth-order valence-corrected chi connectivity index (χ4v) is 3.57. The van der Waals surface area contributed by atoms with E-state index < -0.39 is 0 Å². The molecule has 6 heteroatoms. The van der Waals surface area contributed by atoms with E-state index in [2.05, 4.69) is 71.9 Å². The van der Waals surface area contributed by atoms with Gasteiger partial charge in [-0.2, -0.15) is 0 Å². The summed E-state index contributed by atoms with van der Waals surface area (Å²) < 4.78 is 2.82. The first-order valence-corrected chi connectivity index (χ1v) is 7.49. The zero-order valence-electron chi connectivity index (χ0n) is 9.60. The standard InChI is InChI=1S/C11H14Br3N3/c1-6(2)5-16-11(15)17-10-8(13)3-7(12)4-9(10)14/h3-4,6H,5H2,1-2H3,(H3,15,16,17). The van der Waals surface area contributed by atoms with E-state index in [9.17, 15) is 0 Å². The van der Waals surface area contributed by atoms with Crippen LogP contribution in [0, 0.1) is 5.92 Å². The quantitative estimate of drug-likeness (QED) is 0.556. The predicted molar refractivity (Wildman–Crippen MR) is 84.5 cm³/mol. The van der Waals surface area contributed by atoms with Gasteiger partial charge in [-0.3, -0.25) is 4.99 Å². The maximum Gasteiger partial charge on any atom is 0.193 e. The molecule has 3 nitrogen and oxygen atoms in total. The van der Waals surface area contributed by atoms with Crippen LogP contribution in [0.4, 0.5) is 5.69 Å². The van der Waals surface area contributed by atoms with Crippen molar-refractivity contribution in [3.05, 3.63) is 25.6 Å². The fraction of sp³-hybridized carbons (Fsp3) is 0.364. The minimum Gasteiger partial charge on any atom is -0.370 e. The van der Waals surface area contributed by atoms with Gasteiger partial charge >= 0.3 is 0 Å². The highest BCUT2D eigenvalue weighted by molar-refractivity contribution is 9.11. The van der Waals surface area contributed by atoms with Crippen molar-refractivity contribution in [1.82, 2.24) is 0 Å². The summed E-state index contributed by atoms with van der Waals surface area (Å²) in [5.41, 5.74) is 6.69. The summed E-state index contributed by atoms with van der Waals surface area (Å²) in [6.45, 7) is 4.91. The number of nitrogens with zero attached hydrogens (tertiary/aromatic N) is 1. The van der Waals surface area contributed by atoms with Gasteiger partial charge in [0.2, 0.25) is 0 Å². The summed E-state index contributed by atoms with van der Waals surface area (Å²) in [7, 11) is 0. The van der Waals surface area contributed by atoms with E-state index in [0.717, 1.165) is 19.1 Å². The Morgan fingerprint density at radius 2 is 1.82 bits per heavy atom. The zero-order chi connectivity index (χ0) is 13.0. The summed E-state index contributed by atoms with van der Waals surface area (Å²) in [6, 6.07) is 3.89. The second-order valence-electron chi connectivity index (χ2n) is 3.99. The van der Waals surface area contributed by atoms with Crippen LogP contribution < -0.4 is 11.1 Å². The van der Waals surface area contributed by atoms with Crippen LogP contribution >= 0.6 is 47.8 Å². The molecule has 0 heterocycles. The summed E-state index contributed by atoms with van der Waals surface area (Å²) in [6.07, 6.45) is 0. The van der Waals surface area contributed by atoms with Crippen molar-refractivity contribution < 1.29 is 0 Å². The molecule has 94 valence electrons. The maximum absolute atomic E-state index is 5.82. The van der Waals surface area contributed by atoms with E-state index in [-0.39, 0.29) is 0 Å². The van der Waals surface area contributed by atoms with Gasteiger partial charge in [-0.05, 0) is 49.9 Å². The van der Waals surface area contributed by atoms with Gasteiger partial charge in [-0.15, -0.1) is 0 Å². The maximum atomic E-state index is 5.82. The molecule has 0 aromatic heterocycles. The van der Waals surface area contributed by atoms with E-state index in [0.29, 0.717) is 18.4 Å². The van der Waals surface area contributed by atoms with Gasteiger partial charge in [-0.1, -0.05) is 29.8 Å². The van der Waals surface area contributed by atoms with Gasteiger partial charge in [0.1, 0.15) is 0 Å². The highest BCUT2D eigenvalue weighted by Gasteiger charge is 2.07. The van der Waals surface area contributed by atoms with Gasteiger partial charge in [0.05, 0.1) is 5.69 Å². The molecule has 3 N–H and O–H groups in total. The molecule has 1 rings (SSSR count). The highest BCUT2D eigenvalue weighted by Crippen LogP contribution is 2.34. The van der Waals surface area contributed by atoms with Crippen LogP contribution in [0.3, 0.4) is 0 Å². The van der Waals surface area contributed by atoms with Crippen molar-refractivity contribution in [3.63, 3.8) is 0 Å². The highest BCUT2D eigenvalue weighted by atomic mass is 79.9. The number of benzene rings is 1. The van der Waals surface area contributed by atoms with Gasteiger partial charge in [0.15, 0.2) is 5.96 Å². The minimum absolute atomic E-state index is 0.419. The van der Waals surface area contributed by atoms with Crippen LogP contribution in [-0.4, -0.2) is 12.5 Å². The first kappa shape index (κ1) is 15.0. The van der Waals surface area contributed by atoms with Crippen LogP contribution in [0.2, 0.25) is 0 Å². The molecule has 0 aliphatic carbocycles. The number of guanidine groups is 1. The van der Waals surface area contributed by atoms with Crippen molar-refractivity contribution in [2.45, 2.75) is 13.8 Å². The molecule has 17 heavy (non-hydrogen) atoms. The molecule has 0 saturated carbocycles. The van der Waals surface area contributed by atoms with E-state index in [1.807, 2.05) is 12.1 Å². The Kier molecular flexibility index (Phi) is 5.95. The van der Waals surface area contributed by atoms with Crippen LogP contribution in [0.25, 0.3) is 0 Å². The lowest BCUT2D eigenvalue weighted by Gasteiger charge is -2.11. The number of aliphatic imine (C=N–C) groups is 1. The Hall–Kier alpha value is -0.0700. The van der Waals surface area contributed by atoms with E-state index in [1.165, 1.54) is 0 Å². The number of hydrogen-bond acceptors (Lipinski definition) is 1. The molecule has 1 aromatic carbocycles. The van der Waals surface area contributed by atoms with Crippen molar-refractivity contribution in [1.29, 1.82) is 0 Å². The second-order valence-corrected chi connectivity index (χ2v) is 6.61. The molecule has 0 atom stereocenters. The zero-order valence-corrected chi connectivity index (χ0v) is 14.4. The van der Waals surface area contributed by atoms with E-state index in [4.69, 9.17) is 5.73 Å². The predicted octanol–water partition coefficient (Wildman–Crippen LogP) is 4.36. The summed E-state index contributed by atoms with van der Waals surface area (Å²) in [4.78, 5) is 4.25. The monoisotopic (exact) mass is 425 g/mol. The SMILES string of the molecule is CC(C)CN=C(N)Nc1c(Br)cc(Br)cc1Br. The third-order valence-corrected chi connectivity index (χ3v) is 3.60. The number of hydrogen-bond donors (Lipinski definition) is 2. The number of nitrogens with one attached hydrogen (secondary N) is 1. The largest absolute Gasteiger partial charge is 0.370 e. The molecule has 1 aromatic rings. The summed E-state index contributed by atoms with van der Waals surface area (Å²) in [5.74, 6) is 0.912. The first-order chi connectivity index (χ1) is 7.90. The minimum atomic E-state index is 0.419. The lowest BCUT2D eigenvalue weighted by Crippen LogP contribution is -2.23. The molecular weight excluding hydrogens is 414 g/mol. The fourth-order valence-electron chi connectivity index (χ4n) is 1.11. The number of rotatable bonds is 3. The van der Waals surface area contributed by atoms with Crippen LogP contribution in [0.15, 0.2) is 30.5 Å². The van der Waals surface area contributed by atoms with Crippen LogP contribution in [0.1, 0.15) is 13.8 Å². The van der Waals surface area contributed by atoms with E-state index in [1.54, 1.807) is 0 Å². The summed E-state index contributed by atoms with van der Waals surface area (Å²) in [5, 5.41) is 3.07. The lowest BCUT2D eigenvalue weighted by atomic mass is 10.2. The van der Waals surface area contributed by atoms with Crippen molar-refractivity contribution in [2.24, 2.45) is 16.6 Å². The Balaban J connectivity index is 2.85. The normalized spacial score (nSPS) is 12.0. The smallest absolute Gasteiger partial charge is 0.193 e. The Bertz CT molecular complexity index is 407. The van der Waals surface area contributed by atoms with Crippen LogP contribution in [-0.2, 0) is 0 Å². The first-order valence-electron chi connectivity index (χ1n) is 5.11. The number of nitrogens with two attached hydrogens (primary N) is 1. The Labute approximate surface area is 127 Å². The third-order valence-electron chi connectivity index (χ3n) is 1.89. The molecular formula is C11H14Br3N3. The average molecular weight is 428 g/mol. The molecule has 0 amide bonds.